The van der Waals surface area contributed by atoms with E-state index in [2.05, 4.69) is 0 Å². The molecule has 3 rings (SSSR count). The lowest BCUT2D eigenvalue weighted by molar-refractivity contribution is 0.0686. The molecule has 0 amide bonds. The molecule has 0 saturated heterocycles. The maximum absolute atomic E-state index is 12.5. The molecule has 0 radical (unpaired) electrons. The number of aromatic carboxylic acids is 2. The van der Waals surface area contributed by atoms with Crippen molar-refractivity contribution in [2.24, 2.45) is 0 Å². The Morgan fingerprint density at radius 2 is 1.00 bits per heavy atom. The van der Waals surface area contributed by atoms with Gasteiger partial charge in [-0.1, -0.05) is 0 Å². The highest BCUT2D eigenvalue weighted by Gasteiger charge is 2.31. The molecule has 108 valence electrons. The highest BCUT2D eigenvalue weighted by Crippen LogP contribution is 2.28. The standard InChI is InChI=1S/C16H8O6/c17-13-9-3-1-7(15(19)20)5-11(9)14(18)12-6-8(16(21)22)2-4-10(12)13/h1-6H,(H,19,20)(H,21,22). The lowest BCUT2D eigenvalue weighted by atomic mass is 9.82. The fourth-order valence-electron chi connectivity index (χ4n) is 2.42. The van der Waals surface area contributed by atoms with Crippen LogP contribution in [0.3, 0.4) is 0 Å². The van der Waals surface area contributed by atoms with Gasteiger partial charge in [-0.2, -0.15) is 0 Å². The molecular weight excluding hydrogens is 288 g/mol. The molecule has 22 heavy (non-hydrogen) atoms. The third-order valence-electron chi connectivity index (χ3n) is 3.51. The number of hydrogen-bond acceptors (Lipinski definition) is 4. The SMILES string of the molecule is O=C(O)c1ccc2c(c1)C(=O)c1cc(C(=O)O)ccc1C2=O. The van der Waals surface area contributed by atoms with Gasteiger partial charge in [0.1, 0.15) is 0 Å². The molecular formula is C16H8O6. The van der Waals surface area contributed by atoms with Gasteiger partial charge in [-0.05, 0) is 36.4 Å². The summed E-state index contributed by atoms with van der Waals surface area (Å²) >= 11 is 0. The highest BCUT2D eigenvalue weighted by molar-refractivity contribution is 6.29. The Morgan fingerprint density at radius 3 is 1.36 bits per heavy atom. The Morgan fingerprint density at radius 1 is 0.636 bits per heavy atom. The summed E-state index contributed by atoms with van der Waals surface area (Å²) in [6.45, 7) is 0. The highest BCUT2D eigenvalue weighted by atomic mass is 16.4. The Kier molecular flexibility index (Phi) is 2.88. The smallest absolute Gasteiger partial charge is 0.335 e. The van der Waals surface area contributed by atoms with Crippen LogP contribution >= 0.6 is 0 Å². The van der Waals surface area contributed by atoms with Crippen LogP contribution < -0.4 is 0 Å². The molecule has 0 aromatic heterocycles. The number of carboxylic acids is 2. The molecule has 2 aromatic carbocycles. The summed E-state index contributed by atoms with van der Waals surface area (Å²) in [5, 5.41) is 18.0. The minimum absolute atomic E-state index is 0.0278. The number of rotatable bonds is 2. The van der Waals surface area contributed by atoms with E-state index in [1.54, 1.807) is 0 Å². The topological polar surface area (TPSA) is 109 Å². The minimum Gasteiger partial charge on any atom is -0.478 e. The molecule has 0 atom stereocenters. The predicted molar refractivity (Wildman–Crippen MR) is 73.7 cm³/mol. The predicted octanol–water partition coefficient (Wildman–Crippen LogP) is 1.86. The summed E-state index contributed by atoms with van der Waals surface area (Å²) in [5.41, 5.74) is -0.0495. The monoisotopic (exact) mass is 296 g/mol. The second kappa shape index (κ2) is 4.63. The van der Waals surface area contributed by atoms with E-state index < -0.39 is 23.5 Å². The molecule has 2 N–H and O–H groups in total. The van der Waals surface area contributed by atoms with Crippen LogP contribution in [0, 0.1) is 0 Å². The van der Waals surface area contributed by atoms with Crippen molar-refractivity contribution in [3.63, 3.8) is 0 Å². The van der Waals surface area contributed by atoms with Crippen molar-refractivity contribution in [3.8, 4) is 0 Å². The van der Waals surface area contributed by atoms with Crippen molar-refractivity contribution in [1.29, 1.82) is 0 Å². The Hall–Kier alpha value is -3.28. The fraction of sp³-hybridized carbons (Fsp3) is 0. The van der Waals surface area contributed by atoms with E-state index in [0.717, 1.165) is 12.1 Å². The van der Waals surface area contributed by atoms with Gasteiger partial charge in [-0.15, -0.1) is 0 Å². The largest absolute Gasteiger partial charge is 0.478 e. The molecule has 0 spiro atoms. The molecule has 0 aliphatic heterocycles. The summed E-state index contributed by atoms with van der Waals surface area (Å²) < 4.78 is 0. The maximum Gasteiger partial charge on any atom is 0.335 e. The minimum atomic E-state index is -1.21. The lowest BCUT2D eigenvalue weighted by Gasteiger charge is -2.18. The van der Waals surface area contributed by atoms with Gasteiger partial charge in [-0.25, -0.2) is 9.59 Å². The number of fused-ring (bicyclic) bond motifs is 2. The van der Waals surface area contributed by atoms with Gasteiger partial charge in [0.2, 0.25) is 0 Å². The number of carboxylic acid groups (broad SMARTS) is 2. The van der Waals surface area contributed by atoms with Crippen LogP contribution in [-0.2, 0) is 0 Å². The van der Waals surface area contributed by atoms with Gasteiger partial charge in [0.05, 0.1) is 11.1 Å². The van der Waals surface area contributed by atoms with Gasteiger partial charge in [0.15, 0.2) is 11.6 Å². The van der Waals surface area contributed by atoms with Crippen molar-refractivity contribution in [2.45, 2.75) is 0 Å². The normalized spacial score (nSPS) is 12.5. The van der Waals surface area contributed by atoms with E-state index >= 15 is 0 Å². The molecule has 1 aliphatic rings. The molecule has 0 unspecified atom stereocenters. The number of carbonyl (C=O) groups excluding carboxylic acids is 2. The van der Waals surface area contributed by atoms with Crippen molar-refractivity contribution >= 4 is 23.5 Å². The molecule has 0 bridgehead atoms. The number of carbonyl (C=O) groups is 4. The van der Waals surface area contributed by atoms with Gasteiger partial charge in [0.25, 0.3) is 0 Å². The summed E-state index contributed by atoms with van der Waals surface area (Å²) in [6, 6.07) is 7.37. The quantitative estimate of drug-likeness (QED) is 0.747. The van der Waals surface area contributed by atoms with E-state index in [9.17, 15) is 19.2 Å². The van der Waals surface area contributed by atoms with Gasteiger partial charge < -0.3 is 10.2 Å². The number of benzene rings is 2. The van der Waals surface area contributed by atoms with Crippen LogP contribution in [0.5, 0.6) is 0 Å². The van der Waals surface area contributed by atoms with Crippen molar-refractivity contribution < 1.29 is 29.4 Å². The van der Waals surface area contributed by atoms with Crippen molar-refractivity contribution in [2.75, 3.05) is 0 Å². The molecule has 6 heteroatoms. The van der Waals surface area contributed by atoms with Gasteiger partial charge in [-0.3, -0.25) is 9.59 Å². The first kappa shape index (κ1) is 13.7. The Labute approximate surface area is 123 Å². The average molecular weight is 296 g/mol. The average Bonchev–Trinajstić information content (AvgIpc) is 2.51. The molecule has 1 aliphatic carbocycles. The molecule has 2 aromatic rings. The number of hydrogen-bond donors (Lipinski definition) is 2. The van der Waals surface area contributed by atoms with Crippen molar-refractivity contribution in [1.82, 2.24) is 0 Å². The van der Waals surface area contributed by atoms with E-state index in [1.165, 1.54) is 24.3 Å². The van der Waals surface area contributed by atoms with Crippen LogP contribution in [0.15, 0.2) is 36.4 Å². The van der Waals surface area contributed by atoms with Gasteiger partial charge in [0, 0.05) is 22.3 Å². The van der Waals surface area contributed by atoms with E-state index in [0.29, 0.717) is 0 Å². The van der Waals surface area contributed by atoms with Gasteiger partial charge >= 0.3 is 11.9 Å². The second-order valence-corrected chi connectivity index (χ2v) is 4.79. The lowest BCUT2D eigenvalue weighted by Crippen LogP contribution is -2.22. The first-order valence-electron chi connectivity index (χ1n) is 6.24. The second-order valence-electron chi connectivity index (χ2n) is 4.79. The zero-order chi connectivity index (χ0) is 16.0. The zero-order valence-corrected chi connectivity index (χ0v) is 11.0. The fourth-order valence-corrected chi connectivity index (χ4v) is 2.42. The van der Waals surface area contributed by atoms with E-state index in [1.807, 2.05) is 0 Å². The number of ketones is 2. The molecule has 0 fully saturated rings. The Bertz CT molecular complexity index is 809. The molecule has 6 nitrogen and oxygen atoms in total. The molecule has 0 heterocycles. The summed E-state index contributed by atoms with van der Waals surface area (Å²) in [4.78, 5) is 46.8. The van der Waals surface area contributed by atoms with Crippen LogP contribution in [-0.4, -0.2) is 33.7 Å². The third kappa shape index (κ3) is 1.89. The van der Waals surface area contributed by atoms with Crippen LogP contribution in [0.2, 0.25) is 0 Å². The summed E-state index contributed by atoms with van der Waals surface area (Å²) in [5.74, 6) is -3.42. The van der Waals surface area contributed by atoms with Crippen LogP contribution in [0.25, 0.3) is 0 Å². The Balaban J connectivity index is 2.23. The van der Waals surface area contributed by atoms with Crippen LogP contribution in [0.1, 0.15) is 52.6 Å². The van der Waals surface area contributed by atoms with E-state index in [4.69, 9.17) is 10.2 Å². The maximum atomic E-state index is 12.5. The molecule has 0 saturated carbocycles. The zero-order valence-electron chi connectivity index (χ0n) is 11.0. The first-order chi connectivity index (χ1) is 10.4. The first-order valence-corrected chi connectivity index (χ1v) is 6.24. The summed E-state index contributed by atoms with van der Waals surface area (Å²) in [7, 11) is 0. The van der Waals surface area contributed by atoms with Crippen LogP contribution in [0.4, 0.5) is 0 Å². The van der Waals surface area contributed by atoms with E-state index in [-0.39, 0.29) is 33.4 Å². The summed E-state index contributed by atoms with van der Waals surface area (Å²) in [6.07, 6.45) is 0. The third-order valence-corrected chi connectivity index (χ3v) is 3.51. The van der Waals surface area contributed by atoms with Crippen molar-refractivity contribution in [3.05, 3.63) is 69.8 Å².